The molecule has 5 rings (SSSR count). The fourth-order valence-corrected chi connectivity index (χ4v) is 5.40. The van der Waals surface area contributed by atoms with E-state index in [1.807, 2.05) is 90.4 Å². The van der Waals surface area contributed by atoms with Gasteiger partial charge in [-0.2, -0.15) is 0 Å². The quantitative estimate of drug-likeness (QED) is 0.194. The zero-order valence-electron chi connectivity index (χ0n) is 20.5. The monoisotopic (exact) mass is 561 g/mol. The largest absolute Gasteiger partial charge is 0.486 e. The van der Waals surface area contributed by atoms with Gasteiger partial charge in [-0.3, -0.25) is 9.36 Å². The maximum atomic E-state index is 12.7. The van der Waals surface area contributed by atoms with Crippen LogP contribution in [0.1, 0.15) is 21.8 Å². The normalized spacial score (nSPS) is 10.9. The fourth-order valence-electron chi connectivity index (χ4n) is 3.64. The minimum absolute atomic E-state index is 0.163. The molecule has 1 amide bonds. The lowest BCUT2D eigenvalue weighted by molar-refractivity contribution is -0.113. The number of aryl methyl sites for hydroxylation is 1. The van der Waals surface area contributed by atoms with Gasteiger partial charge in [-0.15, -0.1) is 21.5 Å². The highest BCUT2D eigenvalue weighted by atomic mass is 35.5. The number of thioether (sulfide) groups is 1. The van der Waals surface area contributed by atoms with E-state index in [1.165, 1.54) is 23.1 Å². The molecule has 7 nitrogen and oxygen atoms in total. The molecule has 2 aromatic heterocycles. The maximum Gasteiger partial charge on any atom is 0.236 e. The summed E-state index contributed by atoms with van der Waals surface area (Å²) in [5, 5.41) is 13.5. The van der Waals surface area contributed by atoms with Crippen molar-refractivity contribution in [2.75, 3.05) is 11.1 Å². The second-order valence-corrected chi connectivity index (χ2v) is 10.9. The number of ether oxygens (including phenoxy) is 1. The molecule has 0 bridgehead atoms. The van der Waals surface area contributed by atoms with Crippen molar-refractivity contribution in [3.05, 3.63) is 112 Å². The molecule has 0 aliphatic rings. The molecule has 0 saturated heterocycles. The Morgan fingerprint density at radius 3 is 2.55 bits per heavy atom. The third-order valence-corrected chi connectivity index (χ3v) is 7.62. The van der Waals surface area contributed by atoms with Crippen molar-refractivity contribution < 1.29 is 9.53 Å². The van der Waals surface area contributed by atoms with Gasteiger partial charge in [-0.25, -0.2) is 4.98 Å². The van der Waals surface area contributed by atoms with Crippen LogP contribution in [0.25, 0.3) is 5.69 Å². The number of anilines is 1. The summed E-state index contributed by atoms with van der Waals surface area (Å²) in [7, 11) is 0. The van der Waals surface area contributed by atoms with E-state index in [0.29, 0.717) is 21.1 Å². The average Bonchev–Trinajstić information content (AvgIpc) is 3.55. The lowest BCUT2D eigenvalue weighted by Gasteiger charge is -2.11. The molecular weight excluding hydrogens is 538 g/mol. The van der Waals surface area contributed by atoms with Crippen LogP contribution in [-0.4, -0.2) is 31.4 Å². The Balaban J connectivity index is 1.23. The second kappa shape index (κ2) is 12.3. The summed E-state index contributed by atoms with van der Waals surface area (Å²) in [6.45, 7) is 2.28. The number of amides is 1. The molecule has 0 aliphatic carbocycles. The molecule has 0 radical (unpaired) electrons. The molecule has 0 atom stereocenters. The molecule has 5 aromatic rings. The number of hydrogen-bond donors (Lipinski definition) is 1. The summed E-state index contributed by atoms with van der Waals surface area (Å²) < 4.78 is 7.87. The number of rotatable bonds is 10. The van der Waals surface area contributed by atoms with Gasteiger partial charge in [0, 0.05) is 28.2 Å². The van der Waals surface area contributed by atoms with Crippen LogP contribution in [0.5, 0.6) is 5.75 Å². The number of benzene rings is 3. The van der Waals surface area contributed by atoms with Gasteiger partial charge in [-0.05, 0) is 48.9 Å². The lowest BCUT2D eigenvalue weighted by Crippen LogP contribution is -2.14. The van der Waals surface area contributed by atoms with Crippen LogP contribution in [0.15, 0.2) is 90.2 Å². The number of thiazole rings is 1. The fraction of sp³-hybridized carbons (Fsp3) is 0.143. The van der Waals surface area contributed by atoms with E-state index < -0.39 is 0 Å². The first-order valence-electron chi connectivity index (χ1n) is 11.8. The first kappa shape index (κ1) is 26.0. The Hall–Kier alpha value is -3.66. The van der Waals surface area contributed by atoms with E-state index in [0.717, 1.165) is 33.9 Å². The molecule has 10 heteroatoms. The number of hydrogen-bond acceptors (Lipinski definition) is 7. The Morgan fingerprint density at radius 2 is 1.79 bits per heavy atom. The third kappa shape index (κ3) is 6.80. The predicted molar refractivity (Wildman–Crippen MR) is 153 cm³/mol. The minimum atomic E-state index is -0.164. The van der Waals surface area contributed by atoms with E-state index in [-0.39, 0.29) is 18.3 Å². The van der Waals surface area contributed by atoms with Crippen molar-refractivity contribution in [1.29, 1.82) is 0 Å². The third-order valence-electron chi connectivity index (χ3n) is 5.53. The van der Waals surface area contributed by atoms with Crippen molar-refractivity contribution >= 4 is 45.7 Å². The van der Waals surface area contributed by atoms with Crippen molar-refractivity contribution in [3.8, 4) is 11.4 Å². The number of nitrogens with zero attached hydrogens (tertiary/aromatic N) is 4. The summed E-state index contributed by atoms with van der Waals surface area (Å²) in [5.74, 6) is 1.40. The Labute approximate surface area is 233 Å². The molecule has 0 unspecified atom stereocenters. The summed E-state index contributed by atoms with van der Waals surface area (Å²) in [6, 6.07) is 25.4. The number of para-hydroxylation sites is 1. The molecule has 0 fully saturated rings. The number of aromatic nitrogens is 4. The Kier molecular flexibility index (Phi) is 8.37. The van der Waals surface area contributed by atoms with Crippen LogP contribution in [0.2, 0.25) is 5.02 Å². The first-order valence-corrected chi connectivity index (χ1v) is 14.0. The van der Waals surface area contributed by atoms with Gasteiger partial charge >= 0.3 is 0 Å². The van der Waals surface area contributed by atoms with Gasteiger partial charge in [0.25, 0.3) is 0 Å². The molecule has 3 aromatic carbocycles. The van der Waals surface area contributed by atoms with E-state index in [2.05, 4.69) is 20.5 Å². The highest BCUT2D eigenvalue weighted by Crippen LogP contribution is 2.25. The van der Waals surface area contributed by atoms with Crippen molar-refractivity contribution in [2.45, 2.75) is 25.1 Å². The highest BCUT2D eigenvalue weighted by Gasteiger charge is 2.17. The molecular formula is C28H24ClN5O2S2. The van der Waals surface area contributed by atoms with Crippen molar-refractivity contribution in [1.82, 2.24) is 19.7 Å². The first-order chi connectivity index (χ1) is 18.5. The van der Waals surface area contributed by atoms with E-state index in [9.17, 15) is 4.79 Å². The molecule has 0 spiro atoms. The maximum absolute atomic E-state index is 12.7. The van der Waals surface area contributed by atoms with Crippen LogP contribution in [-0.2, 0) is 17.8 Å². The molecule has 2 heterocycles. The highest BCUT2D eigenvalue weighted by molar-refractivity contribution is 7.99. The van der Waals surface area contributed by atoms with E-state index in [1.54, 1.807) is 6.20 Å². The average molecular weight is 562 g/mol. The van der Waals surface area contributed by atoms with Gasteiger partial charge in [-0.1, -0.05) is 71.4 Å². The van der Waals surface area contributed by atoms with Crippen LogP contribution in [0, 0.1) is 6.92 Å². The van der Waals surface area contributed by atoms with Crippen LogP contribution in [0.4, 0.5) is 5.13 Å². The van der Waals surface area contributed by atoms with Crippen molar-refractivity contribution in [2.24, 2.45) is 0 Å². The second-order valence-electron chi connectivity index (χ2n) is 8.44. The summed E-state index contributed by atoms with van der Waals surface area (Å²) in [4.78, 5) is 18.1. The lowest BCUT2D eigenvalue weighted by atomic mass is 10.1. The summed E-state index contributed by atoms with van der Waals surface area (Å²) in [5.41, 5.74) is 3.20. The van der Waals surface area contributed by atoms with E-state index in [4.69, 9.17) is 16.3 Å². The SMILES string of the molecule is Cc1ccc(OCc2nnc(SCC(=O)Nc3ncc(Cc4ccc(Cl)cc4)s3)n2-c2ccccc2)cc1. The molecule has 0 aliphatic heterocycles. The summed E-state index contributed by atoms with van der Waals surface area (Å²) in [6.07, 6.45) is 2.52. The number of carbonyl (C=O) groups excluding carboxylic acids is 1. The van der Waals surface area contributed by atoms with Gasteiger partial charge in [0.05, 0.1) is 5.75 Å². The smallest absolute Gasteiger partial charge is 0.236 e. The molecule has 38 heavy (non-hydrogen) atoms. The van der Waals surface area contributed by atoms with Crippen LogP contribution in [0.3, 0.4) is 0 Å². The van der Waals surface area contributed by atoms with Crippen LogP contribution < -0.4 is 10.1 Å². The number of carbonyl (C=O) groups is 1. The zero-order valence-corrected chi connectivity index (χ0v) is 22.9. The van der Waals surface area contributed by atoms with Gasteiger partial charge < -0.3 is 10.1 Å². The van der Waals surface area contributed by atoms with Crippen LogP contribution >= 0.6 is 34.7 Å². The molecule has 192 valence electrons. The van der Waals surface area contributed by atoms with Crippen molar-refractivity contribution in [3.63, 3.8) is 0 Å². The zero-order chi connectivity index (χ0) is 26.3. The number of halogens is 1. The Morgan fingerprint density at radius 1 is 1.03 bits per heavy atom. The van der Waals surface area contributed by atoms with Gasteiger partial charge in [0.15, 0.2) is 16.1 Å². The minimum Gasteiger partial charge on any atom is -0.486 e. The van der Waals surface area contributed by atoms with Gasteiger partial charge in [0.1, 0.15) is 12.4 Å². The molecule has 0 saturated carbocycles. The molecule has 1 N–H and O–H groups in total. The standard InChI is InChI=1S/C28H24ClN5O2S2/c1-19-7-13-23(14-8-19)36-17-25-32-33-28(34(25)22-5-3-2-4-6-22)37-18-26(35)31-27-30-16-24(38-27)15-20-9-11-21(29)12-10-20/h2-14,16H,15,17-18H2,1H3,(H,30,31,35). The Bertz CT molecular complexity index is 1500. The summed E-state index contributed by atoms with van der Waals surface area (Å²) >= 11 is 8.73. The van der Waals surface area contributed by atoms with Gasteiger partial charge in [0.2, 0.25) is 5.91 Å². The topological polar surface area (TPSA) is 81.9 Å². The predicted octanol–water partition coefficient (Wildman–Crippen LogP) is 6.59. The van der Waals surface area contributed by atoms with E-state index >= 15 is 0 Å². The number of nitrogens with one attached hydrogen (secondary N) is 1.